The lowest BCUT2D eigenvalue weighted by atomic mass is 10.1. The van der Waals surface area contributed by atoms with E-state index in [1.807, 2.05) is 4.90 Å². The Morgan fingerprint density at radius 2 is 2.17 bits per heavy atom. The van der Waals surface area contributed by atoms with Crippen LogP contribution in [0.3, 0.4) is 0 Å². The van der Waals surface area contributed by atoms with Gasteiger partial charge in [0.05, 0.1) is 11.9 Å². The Morgan fingerprint density at radius 3 is 3.00 bits per heavy atom. The summed E-state index contributed by atoms with van der Waals surface area (Å²) in [5.41, 5.74) is 2.48. The minimum absolute atomic E-state index is 0.246. The van der Waals surface area contributed by atoms with Gasteiger partial charge in [0.1, 0.15) is 0 Å². The normalized spacial score (nSPS) is 21.7. The summed E-state index contributed by atoms with van der Waals surface area (Å²) in [6, 6.07) is 8.38. The number of rotatable bonds is 4. The molecule has 1 saturated heterocycles. The molecule has 0 N–H and O–H groups in total. The first-order chi connectivity index (χ1) is 11.2. The van der Waals surface area contributed by atoms with Crippen LogP contribution in [0.5, 0.6) is 0 Å². The van der Waals surface area contributed by atoms with Crippen molar-refractivity contribution in [2.24, 2.45) is 0 Å². The highest BCUT2D eigenvalue weighted by molar-refractivity contribution is 7.99. The molecule has 0 spiro atoms. The predicted molar refractivity (Wildman–Crippen MR) is 96.0 cm³/mol. The average Bonchev–Trinajstić information content (AvgIpc) is 2.75. The molecule has 0 radical (unpaired) electrons. The van der Waals surface area contributed by atoms with Gasteiger partial charge in [-0.15, -0.1) is 11.8 Å². The molecule has 5 heteroatoms. The number of nitrogens with zero attached hydrogens (tertiary/aromatic N) is 2. The number of likely N-dealkylation sites (N-methyl/N-ethyl adjacent to an activating group) is 1. The summed E-state index contributed by atoms with van der Waals surface area (Å²) in [7, 11) is 2.10. The zero-order chi connectivity index (χ0) is 16.1. The van der Waals surface area contributed by atoms with E-state index in [0.29, 0.717) is 11.9 Å². The number of amides is 1. The lowest BCUT2D eigenvalue weighted by Gasteiger charge is -2.23. The molecule has 2 aliphatic rings. The highest BCUT2D eigenvalue weighted by Crippen LogP contribution is 2.24. The monoisotopic (exact) mass is 334 g/mol. The Morgan fingerprint density at radius 1 is 1.30 bits per heavy atom. The van der Waals surface area contributed by atoms with E-state index in [9.17, 15) is 4.79 Å². The lowest BCUT2D eigenvalue weighted by molar-refractivity contribution is -0.128. The van der Waals surface area contributed by atoms with Gasteiger partial charge in [-0.3, -0.25) is 4.79 Å². The van der Waals surface area contributed by atoms with Gasteiger partial charge in [-0.25, -0.2) is 0 Å². The molecule has 1 fully saturated rings. The second kappa shape index (κ2) is 8.06. The van der Waals surface area contributed by atoms with Crippen LogP contribution in [0.1, 0.15) is 24.8 Å². The fourth-order valence-electron chi connectivity index (χ4n) is 3.21. The first-order valence-electron chi connectivity index (χ1n) is 8.50. The van der Waals surface area contributed by atoms with Crippen molar-refractivity contribution in [3.63, 3.8) is 0 Å². The molecular weight excluding hydrogens is 308 g/mol. The van der Waals surface area contributed by atoms with Crippen LogP contribution in [0.4, 0.5) is 5.69 Å². The van der Waals surface area contributed by atoms with E-state index in [2.05, 4.69) is 36.2 Å². The number of carbonyl (C=O) groups is 1. The fraction of sp³-hybridized carbons (Fsp3) is 0.611. The van der Waals surface area contributed by atoms with Crippen LogP contribution in [0.2, 0.25) is 0 Å². The molecule has 126 valence electrons. The second-order valence-corrected chi connectivity index (χ2v) is 7.40. The Bertz CT molecular complexity index is 532. The van der Waals surface area contributed by atoms with Crippen LogP contribution in [0.25, 0.3) is 0 Å². The Kier molecular flexibility index (Phi) is 5.84. The quantitative estimate of drug-likeness (QED) is 0.848. The topological polar surface area (TPSA) is 32.8 Å². The molecule has 23 heavy (non-hydrogen) atoms. The van der Waals surface area contributed by atoms with Gasteiger partial charge in [0.25, 0.3) is 0 Å². The summed E-state index contributed by atoms with van der Waals surface area (Å²) in [6.45, 7) is 3.29. The van der Waals surface area contributed by atoms with Crippen molar-refractivity contribution < 1.29 is 9.53 Å². The average molecular weight is 334 g/mol. The van der Waals surface area contributed by atoms with Crippen LogP contribution in [0.15, 0.2) is 24.3 Å². The Balaban J connectivity index is 1.51. The van der Waals surface area contributed by atoms with Crippen LogP contribution >= 0.6 is 11.8 Å². The Labute approximate surface area is 143 Å². The number of hydrogen-bond acceptors (Lipinski definition) is 4. The highest BCUT2D eigenvalue weighted by atomic mass is 32.2. The minimum atomic E-state index is 0.246. The van der Waals surface area contributed by atoms with Crippen molar-refractivity contribution in [1.82, 2.24) is 4.90 Å². The zero-order valence-corrected chi connectivity index (χ0v) is 14.7. The van der Waals surface area contributed by atoms with E-state index >= 15 is 0 Å². The van der Waals surface area contributed by atoms with Gasteiger partial charge >= 0.3 is 0 Å². The number of hydrogen-bond donors (Lipinski definition) is 0. The van der Waals surface area contributed by atoms with Crippen LogP contribution in [-0.4, -0.2) is 55.2 Å². The number of fused-ring (bicyclic) bond motifs is 1. The number of anilines is 1. The molecule has 0 unspecified atom stereocenters. The number of ether oxygens (including phenoxy) is 1. The molecule has 1 aromatic rings. The van der Waals surface area contributed by atoms with Gasteiger partial charge in [-0.2, -0.15) is 0 Å². The van der Waals surface area contributed by atoms with E-state index < -0.39 is 0 Å². The molecule has 2 aliphatic heterocycles. The van der Waals surface area contributed by atoms with Crippen molar-refractivity contribution in [2.45, 2.75) is 31.9 Å². The molecule has 1 atom stereocenters. The molecule has 1 amide bonds. The van der Waals surface area contributed by atoms with Gasteiger partial charge < -0.3 is 14.5 Å². The summed E-state index contributed by atoms with van der Waals surface area (Å²) in [5, 5.41) is 0. The molecule has 0 saturated carbocycles. The first kappa shape index (κ1) is 16.7. The molecule has 2 heterocycles. The molecule has 1 aromatic carbocycles. The predicted octanol–water partition coefficient (Wildman–Crippen LogP) is 2.77. The smallest absolute Gasteiger partial charge is 0.232 e. The third-order valence-corrected chi connectivity index (χ3v) is 5.68. The van der Waals surface area contributed by atoms with E-state index in [1.165, 1.54) is 24.1 Å². The summed E-state index contributed by atoms with van der Waals surface area (Å²) in [4.78, 5) is 16.8. The van der Waals surface area contributed by atoms with Crippen molar-refractivity contribution in [3.8, 4) is 0 Å². The van der Waals surface area contributed by atoms with Gasteiger partial charge in [0.2, 0.25) is 5.91 Å². The van der Waals surface area contributed by atoms with Crippen molar-refractivity contribution >= 4 is 23.4 Å². The first-order valence-corrected chi connectivity index (χ1v) is 9.65. The third kappa shape index (κ3) is 4.42. The number of carbonyl (C=O) groups excluding carboxylic acids is 1. The minimum Gasteiger partial charge on any atom is -0.377 e. The summed E-state index contributed by atoms with van der Waals surface area (Å²) < 4.78 is 5.73. The standard InChI is InChI=1S/C18H26N2O2S/c1-19-9-10-20(12-15-6-2-3-8-17(15)19)18(21)14-23-13-16-7-4-5-11-22-16/h2-3,6,8,16H,4-5,7,9-14H2,1H3/t16-/m0/s1. The van der Waals surface area contributed by atoms with E-state index in [0.717, 1.165) is 38.4 Å². The molecule has 0 bridgehead atoms. The van der Waals surface area contributed by atoms with Crippen molar-refractivity contribution in [2.75, 3.05) is 43.1 Å². The second-order valence-electron chi connectivity index (χ2n) is 6.37. The van der Waals surface area contributed by atoms with Crippen molar-refractivity contribution in [3.05, 3.63) is 29.8 Å². The van der Waals surface area contributed by atoms with Gasteiger partial charge in [0, 0.05) is 44.7 Å². The zero-order valence-electron chi connectivity index (χ0n) is 13.9. The molecule has 0 aromatic heterocycles. The highest BCUT2D eigenvalue weighted by Gasteiger charge is 2.21. The van der Waals surface area contributed by atoms with Gasteiger partial charge in [-0.1, -0.05) is 18.2 Å². The molecule has 4 nitrogen and oxygen atoms in total. The maximum Gasteiger partial charge on any atom is 0.232 e. The van der Waals surface area contributed by atoms with Gasteiger partial charge in [0.15, 0.2) is 0 Å². The molecule has 0 aliphatic carbocycles. The lowest BCUT2D eigenvalue weighted by Crippen LogP contribution is -2.35. The summed E-state index contributed by atoms with van der Waals surface area (Å²) >= 11 is 1.72. The summed E-state index contributed by atoms with van der Waals surface area (Å²) in [6.07, 6.45) is 3.93. The van der Waals surface area contributed by atoms with Crippen LogP contribution in [0, 0.1) is 0 Å². The Hall–Kier alpha value is -1.20. The molecular formula is C18H26N2O2S. The van der Waals surface area contributed by atoms with Crippen molar-refractivity contribution in [1.29, 1.82) is 0 Å². The summed E-state index contributed by atoms with van der Waals surface area (Å²) in [5.74, 6) is 1.75. The molecule has 3 rings (SSSR count). The SMILES string of the molecule is CN1CCN(C(=O)CSC[C@@H]2CCCCO2)Cc2ccccc21. The van der Waals surface area contributed by atoms with Crippen LogP contribution in [-0.2, 0) is 16.1 Å². The largest absolute Gasteiger partial charge is 0.377 e. The number of benzene rings is 1. The van der Waals surface area contributed by atoms with E-state index in [4.69, 9.17) is 4.74 Å². The number of thioether (sulfide) groups is 1. The number of para-hydroxylation sites is 1. The fourth-order valence-corrected chi connectivity index (χ4v) is 4.21. The maximum atomic E-state index is 12.6. The van der Waals surface area contributed by atoms with E-state index in [1.54, 1.807) is 11.8 Å². The van der Waals surface area contributed by atoms with Gasteiger partial charge in [-0.05, 0) is 30.9 Å². The van der Waals surface area contributed by atoms with E-state index in [-0.39, 0.29) is 5.91 Å². The van der Waals surface area contributed by atoms with Crippen LogP contribution < -0.4 is 4.90 Å². The third-order valence-electron chi connectivity index (χ3n) is 4.63. The maximum absolute atomic E-state index is 12.6.